The Morgan fingerprint density at radius 2 is 1.25 bits per heavy atom. The van der Waals surface area contributed by atoms with Crippen molar-refractivity contribution in [2.24, 2.45) is 11.8 Å². The quantitative estimate of drug-likeness (QED) is 0.652. The van der Waals surface area contributed by atoms with Gasteiger partial charge in [0.05, 0.1) is 13.2 Å². The molecular weight excluding hydrogens is 248 g/mol. The summed E-state index contributed by atoms with van der Waals surface area (Å²) >= 11 is 0. The molecule has 0 amide bonds. The molecule has 0 aromatic rings. The van der Waals surface area contributed by atoms with E-state index in [0.29, 0.717) is 0 Å². The molecule has 3 aliphatic carbocycles. The molecule has 1 spiro atoms. The van der Waals surface area contributed by atoms with Gasteiger partial charge < -0.3 is 9.47 Å². The molecule has 0 radical (unpaired) electrons. The normalized spacial score (nSPS) is 34.5. The zero-order valence-electron chi connectivity index (χ0n) is 12.7. The highest BCUT2D eigenvalue weighted by molar-refractivity contribution is 5.21. The fraction of sp³-hybridized carbons (Fsp3) is 0.889. The lowest BCUT2D eigenvalue weighted by Gasteiger charge is -2.40. The minimum atomic E-state index is -0.162. The average Bonchev–Trinajstić information content (AvgIpc) is 2.87. The summed E-state index contributed by atoms with van der Waals surface area (Å²) in [4.78, 5) is 0. The molecule has 0 aromatic carbocycles. The maximum Gasteiger partial charge on any atom is 0.168 e. The summed E-state index contributed by atoms with van der Waals surface area (Å²) in [5.74, 6) is 1.77. The Morgan fingerprint density at radius 3 is 1.80 bits per heavy atom. The van der Waals surface area contributed by atoms with Crippen molar-refractivity contribution in [3.05, 3.63) is 11.1 Å². The fourth-order valence-electron chi connectivity index (χ4n) is 4.86. The minimum absolute atomic E-state index is 0.162. The summed E-state index contributed by atoms with van der Waals surface area (Å²) in [6.45, 7) is 1.62. The summed E-state index contributed by atoms with van der Waals surface area (Å²) in [5, 5.41) is 0. The van der Waals surface area contributed by atoms with Crippen LogP contribution in [-0.2, 0) is 9.47 Å². The summed E-state index contributed by atoms with van der Waals surface area (Å²) in [6.07, 6.45) is 15.0. The van der Waals surface area contributed by atoms with Gasteiger partial charge in [0, 0.05) is 12.8 Å². The van der Waals surface area contributed by atoms with E-state index in [1.54, 1.807) is 0 Å². The number of hydrogen-bond donors (Lipinski definition) is 0. The van der Waals surface area contributed by atoms with Gasteiger partial charge in [0.2, 0.25) is 0 Å². The van der Waals surface area contributed by atoms with Gasteiger partial charge in [0.1, 0.15) is 0 Å². The van der Waals surface area contributed by atoms with Crippen LogP contribution in [-0.4, -0.2) is 19.0 Å². The van der Waals surface area contributed by atoms with Gasteiger partial charge in [-0.2, -0.15) is 0 Å². The lowest BCUT2D eigenvalue weighted by molar-refractivity contribution is -0.185. The molecule has 0 bridgehead atoms. The summed E-state index contributed by atoms with van der Waals surface area (Å²) in [5.41, 5.74) is 3.68. The third-order valence-corrected chi connectivity index (χ3v) is 6.36. The highest BCUT2D eigenvalue weighted by atomic mass is 16.7. The highest BCUT2D eigenvalue weighted by Crippen LogP contribution is 2.46. The number of hydrogen-bond acceptors (Lipinski definition) is 2. The zero-order chi connectivity index (χ0) is 13.4. The smallest absolute Gasteiger partial charge is 0.168 e. The van der Waals surface area contributed by atoms with Crippen molar-refractivity contribution in [3.8, 4) is 0 Å². The fourth-order valence-corrected chi connectivity index (χ4v) is 4.86. The van der Waals surface area contributed by atoms with Crippen LogP contribution in [0, 0.1) is 11.8 Å². The first kappa shape index (κ1) is 13.3. The second-order valence-corrected chi connectivity index (χ2v) is 7.34. The van der Waals surface area contributed by atoms with Gasteiger partial charge in [-0.3, -0.25) is 0 Å². The van der Waals surface area contributed by atoms with E-state index in [1.165, 1.54) is 57.8 Å². The maximum absolute atomic E-state index is 5.86. The molecule has 1 aliphatic heterocycles. The Bertz CT molecular complexity index is 366. The second-order valence-electron chi connectivity index (χ2n) is 7.34. The molecule has 0 N–H and O–H groups in total. The molecule has 112 valence electrons. The van der Waals surface area contributed by atoms with Crippen LogP contribution < -0.4 is 0 Å². The molecule has 2 heteroatoms. The number of ether oxygens (including phenoxy) is 2. The van der Waals surface area contributed by atoms with Gasteiger partial charge in [0.25, 0.3) is 0 Å². The van der Waals surface area contributed by atoms with Crippen LogP contribution in [0.25, 0.3) is 0 Å². The van der Waals surface area contributed by atoms with Gasteiger partial charge in [-0.25, -0.2) is 0 Å². The number of rotatable bonds is 1. The molecule has 0 atom stereocenters. The van der Waals surface area contributed by atoms with Crippen molar-refractivity contribution in [1.82, 2.24) is 0 Å². The SMILES string of the molecule is C1CC(=C2CCC(C3CCC4(CC3)OCCO4)CC2)C1. The Morgan fingerprint density at radius 1 is 0.700 bits per heavy atom. The first-order chi connectivity index (χ1) is 9.85. The molecule has 1 heterocycles. The van der Waals surface area contributed by atoms with Gasteiger partial charge in [-0.1, -0.05) is 11.1 Å². The summed E-state index contributed by atoms with van der Waals surface area (Å²) in [6, 6.07) is 0. The second kappa shape index (κ2) is 5.46. The van der Waals surface area contributed by atoms with Gasteiger partial charge in [-0.15, -0.1) is 0 Å². The van der Waals surface area contributed by atoms with Crippen molar-refractivity contribution < 1.29 is 9.47 Å². The topological polar surface area (TPSA) is 18.5 Å². The molecule has 1 saturated heterocycles. The first-order valence-electron chi connectivity index (χ1n) is 8.82. The van der Waals surface area contributed by atoms with Crippen LogP contribution in [0.15, 0.2) is 11.1 Å². The predicted octanol–water partition coefficient (Wildman–Crippen LogP) is 4.59. The van der Waals surface area contributed by atoms with Crippen molar-refractivity contribution in [2.75, 3.05) is 13.2 Å². The lowest BCUT2D eigenvalue weighted by atomic mass is 9.69. The maximum atomic E-state index is 5.86. The number of allylic oxidation sites excluding steroid dienone is 2. The van der Waals surface area contributed by atoms with E-state index in [4.69, 9.17) is 9.47 Å². The molecule has 0 unspecified atom stereocenters. The molecule has 4 fully saturated rings. The van der Waals surface area contributed by atoms with E-state index >= 15 is 0 Å². The van der Waals surface area contributed by atoms with E-state index in [-0.39, 0.29) is 5.79 Å². The van der Waals surface area contributed by atoms with Crippen molar-refractivity contribution >= 4 is 0 Å². The Kier molecular flexibility index (Phi) is 3.64. The molecule has 3 saturated carbocycles. The van der Waals surface area contributed by atoms with Crippen LogP contribution >= 0.6 is 0 Å². The van der Waals surface area contributed by atoms with Crippen molar-refractivity contribution in [2.45, 2.75) is 76.4 Å². The average molecular weight is 276 g/mol. The summed E-state index contributed by atoms with van der Waals surface area (Å²) in [7, 11) is 0. The minimum Gasteiger partial charge on any atom is -0.348 e. The summed E-state index contributed by atoms with van der Waals surface area (Å²) < 4.78 is 11.7. The van der Waals surface area contributed by atoms with Crippen molar-refractivity contribution in [3.63, 3.8) is 0 Å². The van der Waals surface area contributed by atoms with Gasteiger partial charge >= 0.3 is 0 Å². The lowest BCUT2D eigenvalue weighted by Crippen LogP contribution is -2.37. The van der Waals surface area contributed by atoms with E-state index in [2.05, 4.69) is 0 Å². The predicted molar refractivity (Wildman–Crippen MR) is 79.4 cm³/mol. The standard InChI is InChI=1S/C18H28O2/c1-2-14(3-1)15-4-6-16(7-5-15)17-8-10-18(11-9-17)19-12-13-20-18/h16-17H,1-13H2. The Labute approximate surface area is 122 Å². The van der Waals surface area contributed by atoms with Crippen LogP contribution in [0.5, 0.6) is 0 Å². The molecule has 4 aliphatic rings. The Balaban J connectivity index is 1.30. The van der Waals surface area contributed by atoms with Crippen LogP contribution in [0.2, 0.25) is 0 Å². The highest BCUT2D eigenvalue weighted by Gasteiger charge is 2.42. The third-order valence-electron chi connectivity index (χ3n) is 6.36. The molecule has 2 nitrogen and oxygen atoms in total. The molecule has 4 rings (SSSR count). The van der Waals surface area contributed by atoms with E-state index in [1.807, 2.05) is 11.1 Å². The van der Waals surface area contributed by atoms with E-state index < -0.39 is 0 Å². The molecule has 0 aromatic heterocycles. The van der Waals surface area contributed by atoms with E-state index in [9.17, 15) is 0 Å². The zero-order valence-corrected chi connectivity index (χ0v) is 12.7. The van der Waals surface area contributed by atoms with E-state index in [0.717, 1.165) is 37.9 Å². The van der Waals surface area contributed by atoms with Crippen LogP contribution in [0.4, 0.5) is 0 Å². The molecule has 20 heavy (non-hydrogen) atoms. The largest absolute Gasteiger partial charge is 0.348 e. The Hall–Kier alpha value is -0.340. The molecular formula is C18H28O2. The van der Waals surface area contributed by atoms with Crippen LogP contribution in [0.3, 0.4) is 0 Å². The van der Waals surface area contributed by atoms with Crippen molar-refractivity contribution in [1.29, 1.82) is 0 Å². The van der Waals surface area contributed by atoms with Gasteiger partial charge in [-0.05, 0) is 69.6 Å². The van der Waals surface area contributed by atoms with Crippen LogP contribution in [0.1, 0.15) is 70.6 Å². The third kappa shape index (κ3) is 2.46. The van der Waals surface area contributed by atoms with Gasteiger partial charge in [0.15, 0.2) is 5.79 Å². The monoisotopic (exact) mass is 276 g/mol. The first-order valence-corrected chi connectivity index (χ1v) is 8.82.